The second-order valence-corrected chi connectivity index (χ2v) is 8.41. The lowest BCUT2D eigenvalue weighted by Crippen LogP contribution is -3.15. The minimum Gasteiger partial charge on any atom is -1.00 e. The number of carboxylic acid groups (broad SMARTS) is 1. The fourth-order valence-electron chi connectivity index (χ4n) is 4.33. The van der Waals surface area contributed by atoms with Crippen LogP contribution in [0.15, 0.2) is 36.4 Å². The first-order valence-corrected chi connectivity index (χ1v) is 10.6. The van der Waals surface area contributed by atoms with Crippen molar-refractivity contribution in [1.82, 2.24) is 4.98 Å². The van der Waals surface area contributed by atoms with Gasteiger partial charge in [0.25, 0.3) is 5.91 Å². The Hall–Kier alpha value is -3.03. The van der Waals surface area contributed by atoms with E-state index in [1.165, 1.54) is 21.7 Å². The van der Waals surface area contributed by atoms with Gasteiger partial charge in [0.1, 0.15) is 5.69 Å². The number of hydrogen-bond donors (Lipinski definition) is 4. The number of aryl methyl sites for hydroxylation is 2. The number of quaternary nitrogens is 1. The number of carbonyl (C=O) groups is 2. The number of aromatic carboxylic acids is 1. The molecule has 1 aliphatic heterocycles. The van der Waals surface area contributed by atoms with Gasteiger partial charge >= 0.3 is 5.97 Å². The van der Waals surface area contributed by atoms with Crippen molar-refractivity contribution >= 4 is 34.2 Å². The number of H-pyrrole nitrogens is 1. The Labute approximate surface area is 193 Å². The van der Waals surface area contributed by atoms with Crippen molar-refractivity contribution in [3.8, 4) is 0 Å². The summed E-state index contributed by atoms with van der Waals surface area (Å²) in [6.07, 6.45) is 0. The number of piperazine rings is 1. The first-order chi connectivity index (χ1) is 14.8. The third-order valence-electron chi connectivity index (χ3n) is 6.23. The second-order valence-electron chi connectivity index (χ2n) is 8.41. The van der Waals surface area contributed by atoms with E-state index in [2.05, 4.69) is 47.2 Å². The summed E-state index contributed by atoms with van der Waals surface area (Å²) in [5, 5.41) is 13.1. The molecular formula is C24H29ClN4O3. The Kier molecular flexibility index (Phi) is 7.11. The molecule has 0 spiro atoms. The third-order valence-corrected chi connectivity index (χ3v) is 6.23. The number of amides is 1. The van der Waals surface area contributed by atoms with Gasteiger partial charge in [-0.3, -0.25) is 4.79 Å². The van der Waals surface area contributed by atoms with Crippen LogP contribution in [0.1, 0.15) is 27.2 Å². The van der Waals surface area contributed by atoms with E-state index in [9.17, 15) is 14.7 Å². The summed E-state index contributed by atoms with van der Waals surface area (Å²) in [6.45, 7) is 10.0. The molecule has 2 aromatic carbocycles. The predicted octanol–water partition coefficient (Wildman–Crippen LogP) is -0.861. The summed E-state index contributed by atoms with van der Waals surface area (Å²) >= 11 is 0. The van der Waals surface area contributed by atoms with E-state index >= 15 is 0 Å². The molecule has 1 fully saturated rings. The molecular weight excluding hydrogens is 428 g/mol. The molecule has 2 heterocycles. The monoisotopic (exact) mass is 456 g/mol. The average molecular weight is 457 g/mol. The van der Waals surface area contributed by atoms with Gasteiger partial charge in [-0.25, -0.2) is 4.79 Å². The predicted molar refractivity (Wildman–Crippen MR) is 122 cm³/mol. The highest BCUT2D eigenvalue weighted by Crippen LogP contribution is 2.28. The lowest BCUT2D eigenvalue weighted by atomic mass is 10.1. The van der Waals surface area contributed by atoms with Gasteiger partial charge in [-0.1, -0.05) is 23.8 Å². The number of carbonyl (C=O) groups excluding carboxylic acids is 1. The van der Waals surface area contributed by atoms with E-state index in [0.29, 0.717) is 17.7 Å². The van der Waals surface area contributed by atoms with Crippen molar-refractivity contribution < 1.29 is 32.0 Å². The number of aromatic nitrogens is 1. The molecule has 1 amide bonds. The molecule has 0 saturated carbocycles. The minimum absolute atomic E-state index is 0. The number of benzene rings is 2. The largest absolute Gasteiger partial charge is 1.00 e. The zero-order chi connectivity index (χ0) is 22.1. The number of nitrogens with one attached hydrogen (secondary N) is 3. The molecule has 1 saturated heterocycles. The molecule has 32 heavy (non-hydrogen) atoms. The Morgan fingerprint density at radius 2 is 1.84 bits per heavy atom. The van der Waals surface area contributed by atoms with Crippen molar-refractivity contribution in [2.75, 3.05) is 42.9 Å². The van der Waals surface area contributed by atoms with Gasteiger partial charge in [-0.15, -0.1) is 0 Å². The Morgan fingerprint density at radius 3 is 2.53 bits per heavy atom. The third kappa shape index (κ3) is 4.74. The fourth-order valence-corrected chi connectivity index (χ4v) is 4.33. The molecule has 4 rings (SSSR count). The van der Waals surface area contributed by atoms with Crippen molar-refractivity contribution in [1.29, 1.82) is 0 Å². The van der Waals surface area contributed by atoms with Crippen LogP contribution in [0.5, 0.6) is 0 Å². The van der Waals surface area contributed by atoms with Crippen LogP contribution < -0.4 is 27.5 Å². The standard InChI is InChI=1S/C24H28N4O3.ClH/c1-15-7-8-19-18(13-15)22(23(25-19)24(30)31)26-21(29)14-27-9-11-28(12-10-27)20-6-4-5-16(2)17(20)3;/h4-8,13,25H,9-12,14H2,1-3H3,(H,26,29)(H,30,31);1H. The first kappa shape index (κ1) is 23.6. The summed E-state index contributed by atoms with van der Waals surface area (Å²) in [5.74, 6) is -1.25. The van der Waals surface area contributed by atoms with Crippen LogP contribution in [0.4, 0.5) is 11.4 Å². The minimum atomic E-state index is -1.08. The van der Waals surface area contributed by atoms with Crippen LogP contribution in [0.2, 0.25) is 0 Å². The van der Waals surface area contributed by atoms with Gasteiger partial charge in [-0.2, -0.15) is 0 Å². The fraction of sp³-hybridized carbons (Fsp3) is 0.333. The maximum absolute atomic E-state index is 12.8. The average Bonchev–Trinajstić information content (AvgIpc) is 3.08. The number of rotatable bonds is 5. The molecule has 0 bridgehead atoms. The van der Waals surface area contributed by atoms with Crippen LogP contribution in [-0.4, -0.2) is 54.7 Å². The number of aromatic amines is 1. The summed E-state index contributed by atoms with van der Waals surface area (Å²) in [7, 11) is 0. The van der Waals surface area contributed by atoms with Crippen molar-refractivity contribution in [3.63, 3.8) is 0 Å². The number of halogens is 1. The smallest absolute Gasteiger partial charge is 0.354 e. The van der Waals surface area contributed by atoms with Crippen molar-refractivity contribution in [2.45, 2.75) is 20.8 Å². The van der Waals surface area contributed by atoms with Gasteiger partial charge in [0, 0.05) is 16.6 Å². The normalized spacial score (nSPS) is 14.3. The lowest BCUT2D eigenvalue weighted by molar-refractivity contribution is -0.892. The Balaban J connectivity index is 0.00000289. The zero-order valence-corrected chi connectivity index (χ0v) is 19.3. The highest BCUT2D eigenvalue weighted by molar-refractivity contribution is 6.10. The van der Waals surface area contributed by atoms with Crippen molar-refractivity contribution in [2.24, 2.45) is 0 Å². The SMILES string of the molecule is Cc1ccc2[nH]c(C(=O)O)c(NC(=O)C[NH+]3CCN(c4cccc(C)c4C)CC3)c2c1.[Cl-]. The van der Waals surface area contributed by atoms with Crippen LogP contribution in [0.3, 0.4) is 0 Å². The van der Waals surface area contributed by atoms with Crippen LogP contribution in [-0.2, 0) is 4.79 Å². The number of nitrogens with zero attached hydrogens (tertiary/aromatic N) is 1. The summed E-state index contributed by atoms with van der Waals surface area (Å²) in [6, 6.07) is 12.0. The second kappa shape index (κ2) is 9.63. The molecule has 4 N–H and O–H groups in total. The Bertz CT molecular complexity index is 1150. The summed E-state index contributed by atoms with van der Waals surface area (Å²) in [4.78, 5) is 30.9. The van der Waals surface area contributed by atoms with Crippen LogP contribution >= 0.6 is 0 Å². The molecule has 0 aliphatic carbocycles. The van der Waals surface area contributed by atoms with E-state index in [4.69, 9.17) is 0 Å². The zero-order valence-electron chi connectivity index (χ0n) is 18.6. The number of hydrogen-bond acceptors (Lipinski definition) is 3. The van der Waals surface area contributed by atoms with E-state index in [1.807, 2.05) is 25.1 Å². The molecule has 1 aromatic heterocycles. The number of fused-ring (bicyclic) bond motifs is 1. The van der Waals surface area contributed by atoms with Gasteiger partial charge in [0.05, 0.1) is 31.9 Å². The number of carboxylic acids is 1. The Morgan fingerprint density at radius 1 is 1.12 bits per heavy atom. The number of anilines is 2. The molecule has 3 aromatic rings. The van der Waals surface area contributed by atoms with E-state index in [0.717, 1.165) is 37.1 Å². The highest BCUT2D eigenvalue weighted by Gasteiger charge is 2.25. The molecule has 0 atom stereocenters. The van der Waals surface area contributed by atoms with Crippen LogP contribution in [0.25, 0.3) is 10.9 Å². The van der Waals surface area contributed by atoms with Gasteiger partial charge < -0.3 is 37.6 Å². The molecule has 1 aliphatic rings. The molecule has 0 unspecified atom stereocenters. The molecule has 8 heteroatoms. The molecule has 170 valence electrons. The molecule has 0 radical (unpaired) electrons. The van der Waals surface area contributed by atoms with E-state index < -0.39 is 5.97 Å². The lowest BCUT2D eigenvalue weighted by Gasteiger charge is -2.34. The van der Waals surface area contributed by atoms with E-state index in [-0.39, 0.29) is 24.0 Å². The van der Waals surface area contributed by atoms with Gasteiger partial charge in [-0.05, 0) is 50.1 Å². The highest BCUT2D eigenvalue weighted by atomic mass is 35.5. The van der Waals surface area contributed by atoms with Gasteiger partial charge in [0.15, 0.2) is 6.54 Å². The van der Waals surface area contributed by atoms with Crippen LogP contribution in [0, 0.1) is 20.8 Å². The quantitative estimate of drug-likeness (QED) is 0.402. The topological polar surface area (TPSA) is 89.9 Å². The summed E-state index contributed by atoms with van der Waals surface area (Å²) in [5.41, 5.74) is 5.94. The summed E-state index contributed by atoms with van der Waals surface area (Å²) < 4.78 is 0. The van der Waals surface area contributed by atoms with Crippen molar-refractivity contribution in [3.05, 3.63) is 58.8 Å². The maximum atomic E-state index is 12.8. The maximum Gasteiger partial charge on any atom is 0.354 e. The molecule has 7 nitrogen and oxygen atoms in total. The van der Waals surface area contributed by atoms with E-state index in [1.54, 1.807) is 0 Å². The first-order valence-electron chi connectivity index (χ1n) is 10.6. The van der Waals surface area contributed by atoms with Gasteiger partial charge in [0.2, 0.25) is 0 Å².